The summed E-state index contributed by atoms with van der Waals surface area (Å²) >= 11 is 0. The molecule has 0 aromatic heterocycles. The number of carbonyl (C=O) groups is 1. The molecule has 7 nitrogen and oxygen atoms in total. The number of rotatable bonds is 5. The van der Waals surface area contributed by atoms with E-state index in [9.17, 15) is 14.9 Å². The van der Waals surface area contributed by atoms with Crippen molar-refractivity contribution in [3.05, 3.63) is 46.2 Å². The van der Waals surface area contributed by atoms with E-state index >= 15 is 0 Å². The predicted octanol–water partition coefficient (Wildman–Crippen LogP) is 1.98. The molecular formula is C12H11N3O4. The topological polar surface area (TPSA) is 105 Å². The number of hydrogen-bond acceptors (Lipinski definition) is 6. The first-order valence-corrected chi connectivity index (χ1v) is 5.37. The van der Waals surface area contributed by atoms with Crippen molar-refractivity contribution >= 4 is 17.3 Å². The van der Waals surface area contributed by atoms with Crippen LogP contribution in [0.4, 0.5) is 11.4 Å². The van der Waals surface area contributed by atoms with Gasteiger partial charge < -0.3 is 10.1 Å². The van der Waals surface area contributed by atoms with Crippen LogP contribution in [-0.4, -0.2) is 17.5 Å². The Balaban J connectivity index is 2.76. The molecule has 0 fully saturated rings. The summed E-state index contributed by atoms with van der Waals surface area (Å²) in [4.78, 5) is 21.2. The number of nitrogens with zero attached hydrogens (tertiary/aromatic N) is 2. The van der Waals surface area contributed by atoms with Gasteiger partial charge in [-0.1, -0.05) is 0 Å². The van der Waals surface area contributed by atoms with Crippen LogP contribution in [0.15, 0.2) is 36.0 Å². The van der Waals surface area contributed by atoms with Crippen LogP contribution in [0.25, 0.3) is 0 Å². The van der Waals surface area contributed by atoms with E-state index in [0.717, 1.165) is 0 Å². The third kappa shape index (κ3) is 4.12. The van der Waals surface area contributed by atoms with Crippen LogP contribution in [0.3, 0.4) is 0 Å². The number of benzene rings is 1. The Morgan fingerprint density at radius 2 is 2.16 bits per heavy atom. The second-order valence-electron chi connectivity index (χ2n) is 3.34. The molecule has 0 unspecified atom stereocenters. The second-order valence-corrected chi connectivity index (χ2v) is 3.34. The fourth-order valence-corrected chi connectivity index (χ4v) is 1.18. The number of esters is 1. The lowest BCUT2D eigenvalue weighted by Gasteiger charge is -2.02. The van der Waals surface area contributed by atoms with Crippen LogP contribution in [-0.2, 0) is 9.53 Å². The molecule has 98 valence electrons. The minimum atomic E-state index is -0.723. The quantitative estimate of drug-likeness (QED) is 0.285. The summed E-state index contributed by atoms with van der Waals surface area (Å²) in [6.07, 6.45) is 1.19. The molecule has 0 aliphatic rings. The molecule has 0 heterocycles. The third-order valence-electron chi connectivity index (χ3n) is 2.08. The Morgan fingerprint density at radius 1 is 1.53 bits per heavy atom. The monoisotopic (exact) mass is 261 g/mol. The molecule has 19 heavy (non-hydrogen) atoms. The van der Waals surface area contributed by atoms with E-state index in [1.807, 2.05) is 0 Å². The van der Waals surface area contributed by atoms with Gasteiger partial charge in [0, 0.05) is 24.0 Å². The Kier molecular flexibility index (Phi) is 5.04. The van der Waals surface area contributed by atoms with Crippen molar-refractivity contribution in [3.63, 3.8) is 0 Å². The average molecular weight is 261 g/mol. The van der Waals surface area contributed by atoms with Crippen LogP contribution in [0, 0.1) is 21.4 Å². The normalized spacial score (nSPS) is 10.4. The van der Waals surface area contributed by atoms with Gasteiger partial charge in [0.15, 0.2) is 5.57 Å². The number of non-ortho nitro benzene ring substituents is 1. The predicted molar refractivity (Wildman–Crippen MR) is 67.0 cm³/mol. The highest BCUT2D eigenvalue weighted by Gasteiger charge is 2.09. The largest absolute Gasteiger partial charge is 0.462 e. The molecule has 0 bridgehead atoms. The van der Waals surface area contributed by atoms with E-state index in [1.54, 1.807) is 13.0 Å². The van der Waals surface area contributed by atoms with Crippen molar-refractivity contribution < 1.29 is 14.5 Å². The zero-order chi connectivity index (χ0) is 14.3. The molecular weight excluding hydrogens is 250 g/mol. The number of carbonyl (C=O) groups excluding carboxylic acids is 1. The smallest absolute Gasteiger partial charge is 0.350 e. The summed E-state index contributed by atoms with van der Waals surface area (Å²) in [5, 5.41) is 21.9. The van der Waals surface area contributed by atoms with E-state index < -0.39 is 10.9 Å². The van der Waals surface area contributed by atoms with Crippen molar-refractivity contribution in [2.24, 2.45) is 0 Å². The molecule has 0 radical (unpaired) electrons. The van der Waals surface area contributed by atoms with Crippen molar-refractivity contribution in [1.82, 2.24) is 0 Å². The SMILES string of the molecule is CCOC(=O)C(C#N)=CNc1ccc([N+](=O)[O-])cc1. The summed E-state index contributed by atoms with van der Waals surface area (Å²) in [5.74, 6) is -0.723. The van der Waals surface area contributed by atoms with Gasteiger partial charge in [0.1, 0.15) is 6.07 Å². The number of hydrogen-bond donors (Lipinski definition) is 1. The molecule has 0 saturated carbocycles. The lowest BCUT2D eigenvalue weighted by molar-refractivity contribution is -0.384. The number of ether oxygens (including phenoxy) is 1. The van der Waals surface area contributed by atoms with Gasteiger partial charge in [0.05, 0.1) is 11.5 Å². The molecule has 7 heteroatoms. The molecule has 0 spiro atoms. The lowest BCUT2D eigenvalue weighted by atomic mass is 10.2. The average Bonchev–Trinajstić information content (AvgIpc) is 2.40. The highest BCUT2D eigenvalue weighted by atomic mass is 16.6. The maximum atomic E-state index is 11.3. The first-order chi connectivity index (χ1) is 9.08. The Labute approximate surface area is 109 Å². The van der Waals surface area contributed by atoms with Crippen molar-refractivity contribution in [2.45, 2.75) is 6.92 Å². The summed E-state index contributed by atoms with van der Waals surface area (Å²) in [6.45, 7) is 1.81. The second kappa shape index (κ2) is 6.76. The van der Waals surface area contributed by atoms with Gasteiger partial charge in [0.25, 0.3) is 5.69 Å². The molecule has 0 atom stereocenters. The molecule has 1 N–H and O–H groups in total. The molecule has 1 aromatic carbocycles. The van der Waals surface area contributed by atoms with Gasteiger partial charge in [-0.2, -0.15) is 5.26 Å². The van der Waals surface area contributed by atoms with E-state index in [-0.39, 0.29) is 17.9 Å². The first kappa shape index (κ1) is 14.2. The maximum absolute atomic E-state index is 11.3. The maximum Gasteiger partial charge on any atom is 0.350 e. The lowest BCUT2D eigenvalue weighted by Crippen LogP contribution is -2.07. The zero-order valence-corrected chi connectivity index (χ0v) is 10.1. The summed E-state index contributed by atoms with van der Waals surface area (Å²) in [7, 11) is 0. The Hall–Kier alpha value is -2.88. The van der Waals surface area contributed by atoms with E-state index in [4.69, 9.17) is 5.26 Å². The van der Waals surface area contributed by atoms with Crippen molar-refractivity contribution in [1.29, 1.82) is 5.26 Å². The van der Waals surface area contributed by atoms with Gasteiger partial charge in [-0.05, 0) is 19.1 Å². The molecule has 0 saturated heterocycles. The van der Waals surface area contributed by atoms with Crippen LogP contribution in [0.1, 0.15) is 6.92 Å². The van der Waals surface area contributed by atoms with Gasteiger partial charge >= 0.3 is 5.97 Å². The molecule has 0 amide bonds. The molecule has 1 rings (SSSR count). The third-order valence-corrected chi connectivity index (χ3v) is 2.08. The van der Waals surface area contributed by atoms with Gasteiger partial charge in [-0.3, -0.25) is 10.1 Å². The van der Waals surface area contributed by atoms with Crippen LogP contribution >= 0.6 is 0 Å². The summed E-state index contributed by atoms with van der Waals surface area (Å²) in [6, 6.07) is 7.26. The van der Waals surface area contributed by atoms with Crippen molar-refractivity contribution in [2.75, 3.05) is 11.9 Å². The standard InChI is InChI=1S/C12H11N3O4/c1-2-19-12(16)9(7-13)8-14-10-3-5-11(6-4-10)15(17)18/h3-6,8,14H,2H2,1H3. The molecule has 1 aromatic rings. The highest BCUT2D eigenvalue weighted by Crippen LogP contribution is 2.15. The van der Waals surface area contributed by atoms with Gasteiger partial charge in [-0.15, -0.1) is 0 Å². The highest BCUT2D eigenvalue weighted by molar-refractivity contribution is 5.93. The van der Waals surface area contributed by atoms with Crippen LogP contribution in [0.5, 0.6) is 0 Å². The first-order valence-electron chi connectivity index (χ1n) is 5.37. The summed E-state index contributed by atoms with van der Waals surface area (Å²) < 4.78 is 4.67. The van der Waals surface area contributed by atoms with Crippen LogP contribution < -0.4 is 5.32 Å². The van der Waals surface area contributed by atoms with E-state index in [2.05, 4.69) is 10.1 Å². The fourth-order valence-electron chi connectivity index (χ4n) is 1.18. The fraction of sp³-hybridized carbons (Fsp3) is 0.167. The molecule has 0 aliphatic heterocycles. The number of nitrogens with one attached hydrogen (secondary N) is 1. The number of nitro benzene ring substituents is 1. The number of nitro groups is 1. The Morgan fingerprint density at radius 3 is 2.63 bits per heavy atom. The summed E-state index contributed by atoms with van der Waals surface area (Å²) in [5.41, 5.74) is 0.295. The van der Waals surface area contributed by atoms with Gasteiger partial charge in [-0.25, -0.2) is 4.79 Å². The number of anilines is 1. The Bertz CT molecular complexity index is 543. The van der Waals surface area contributed by atoms with Crippen LogP contribution in [0.2, 0.25) is 0 Å². The zero-order valence-electron chi connectivity index (χ0n) is 10.1. The minimum Gasteiger partial charge on any atom is -0.462 e. The minimum absolute atomic E-state index is 0.0413. The number of nitriles is 1. The van der Waals surface area contributed by atoms with Crippen molar-refractivity contribution in [3.8, 4) is 6.07 Å². The van der Waals surface area contributed by atoms with E-state index in [1.165, 1.54) is 30.5 Å². The van der Waals surface area contributed by atoms with Gasteiger partial charge in [0.2, 0.25) is 0 Å². The molecule has 0 aliphatic carbocycles. The van der Waals surface area contributed by atoms with E-state index in [0.29, 0.717) is 5.69 Å².